The van der Waals surface area contributed by atoms with Gasteiger partial charge in [0.1, 0.15) is 5.82 Å². The maximum absolute atomic E-state index is 13.6. The van der Waals surface area contributed by atoms with Crippen LogP contribution in [0.4, 0.5) is 15.2 Å². The summed E-state index contributed by atoms with van der Waals surface area (Å²) in [5.74, 6) is -0.105. The van der Waals surface area contributed by atoms with E-state index in [2.05, 4.69) is 10.1 Å². The molecule has 166 valence electrons. The maximum atomic E-state index is 13.6. The van der Waals surface area contributed by atoms with E-state index in [1.807, 2.05) is 30.3 Å². The van der Waals surface area contributed by atoms with Crippen LogP contribution < -0.4 is 5.01 Å². The molecule has 1 heterocycles. The summed E-state index contributed by atoms with van der Waals surface area (Å²) >= 11 is 2.72. The fraction of sp³-hybridized carbons (Fsp3) is 0.0870. The van der Waals surface area contributed by atoms with E-state index in [0.29, 0.717) is 26.7 Å². The third kappa shape index (κ3) is 5.79. The molecule has 0 fully saturated rings. The number of carbonyl (C=O) groups is 1. The number of hydrogen-bond acceptors (Lipinski definition) is 7. The topological polar surface area (TPSA) is 88.7 Å². The Morgan fingerprint density at radius 1 is 1.15 bits per heavy atom. The molecule has 0 N–H and O–H groups in total. The molecule has 0 bridgehead atoms. The second-order valence-electron chi connectivity index (χ2n) is 6.82. The minimum absolute atomic E-state index is 0.0359. The van der Waals surface area contributed by atoms with Crippen LogP contribution in [0.1, 0.15) is 12.0 Å². The van der Waals surface area contributed by atoms with Crippen LogP contribution in [-0.4, -0.2) is 27.8 Å². The Hall–Kier alpha value is -3.63. The quantitative estimate of drug-likeness (QED) is 0.136. The summed E-state index contributed by atoms with van der Waals surface area (Å²) in [6, 6.07) is 19.8. The SMILES string of the molecule is O=C(CCSc1ccccc1)N(/N=C/c1ccc([N+](=O)[O-])cc1)c1nc2ccc(F)cc2s1. The average molecular weight is 481 g/mol. The summed E-state index contributed by atoms with van der Waals surface area (Å²) in [5.41, 5.74) is 1.12. The number of benzene rings is 3. The summed E-state index contributed by atoms with van der Waals surface area (Å²) in [4.78, 5) is 28.9. The van der Waals surface area contributed by atoms with Crippen molar-refractivity contribution in [2.24, 2.45) is 5.10 Å². The van der Waals surface area contributed by atoms with Gasteiger partial charge in [-0.1, -0.05) is 29.5 Å². The van der Waals surface area contributed by atoms with Gasteiger partial charge in [0.25, 0.3) is 5.69 Å². The molecule has 33 heavy (non-hydrogen) atoms. The van der Waals surface area contributed by atoms with Crippen molar-refractivity contribution in [1.29, 1.82) is 0 Å². The van der Waals surface area contributed by atoms with Crippen molar-refractivity contribution in [2.75, 3.05) is 10.8 Å². The first-order valence-corrected chi connectivity index (χ1v) is 11.6. The van der Waals surface area contributed by atoms with Crippen LogP contribution in [0, 0.1) is 15.9 Å². The number of thiazole rings is 1. The molecule has 0 aliphatic heterocycles. The lowest BCUT2D eigenvalue weighted by atomic mass is 10.2. The summed E-state index contributed by atoms with van der Waals surface area (Å²) in [5, 5.41) is 16.7. The van der Waals surface area contributed by atoms with Gasteiger partial charge in [0, 0.05) is 29.2 Å². The van der Waals surface area contributed by atoms with Gasteiger partial charge in [-0.25, -0.2) is 9.37 Å². The van der Waals surface area contributed by atoms with Crippen molar-refractivity contribution in [3.63, 3.8) is 0 Å². The molecular formula is C23H17FN4O3S2. The van der Waals surface area contributed by atoms with E-state index in [1.165, 1.54) is 35.5 Å². The highest BCUT2D eigenvalue weighted by Crippen LogP contribution is 2.30. The van der Waals surface area contributed by atoms with E-state index in [0.717, 1.165) is 16.2 Å². The number of carbonyl (C=O) groups excluding carboxylic acids is 1. The highest BCUT2D eigenvalue weighted by molar-refractivity contribution is 7.99. The van der Waals surface area contributed by atoms with Gasteiger partial charge in [0.15, 0.2) is 0 Å². The highest BCUT2D eigenvalue weighted by atomic mass is 32.2. The third-order valence-electron chi connectivity index (χ3n) is 4.51. The zero-order chi connectivity index (χ0) is 23.2. The number of aromatic nitrogens is 1. The van der Waals surface area contributed by atoms with Crippen LogP contribution >= 0.6 is 23.1 Å². The number of nitrogens with zero attached hydrogens (tertiary/aromatic N) is 4. The second kappa shape index (κ2) is 10.3. The number of rotatable bonds is 8. The molecule has 1 aromatic heterocycles. The van der Waals surface area contributed by atoms with E-state index in [1.54, 1.807) is 30.0 Å². The van der Waals surface area contributed by atoms with Crippen LogP contribution in [0.25, 0.3) is 10.2 Å². The Labute approximate surface area is 196 Å². The molecule has 4 rings (SSSR count). The van der Waals surface area contributed by atoms with Crippen molar-refractivity contribution in [2.45, 2.75) is 11.3 Å². The van der Waals surface area contributed by atoms with Gasteiger partial charge in [-0.15, -0.1) is 11.8 Å². The molecule has 0 aliphatic carbocycles. The number of hydrogen-bond donors (Lipinski definition) is 0. The summed E-state index contributed by atoms with van der Waals surface area (Å²) in [7, 11) is 0. The lowest BCUT2D eigenvalue weighted by Gasteiger charge is -2.13. The van der Waals surface area contributed by atoms with Crippen LogP contribution in [-0.2, 0) is 4.79 Å². The third-order valence-corrected chi connectivity index (χ3v) is 6.52. The van der Waals surface area contributed by atoms with Gasteiger partial charge in [-0.05, 0) is 48.0 Å². The first-order chi connectivity index (χ1) is 16.0. The molecule has 0 saturated heterocycles. The monoisotopic (exact) mass is 480 g/mol. The van der Waals surface area contributed by atoms with E-state index in [-0.39, 0.29) is 23.8 Å². The van der Waals surface area contributed by atoms with Gasteiger partial charge in [-0.3, -0.25) is 14.9 Å². The largest absolute Gasteiger partial charge is 0.272 e. The van der Waals surface area contributed by atoms with Gasteiger partial charge >= 0.3 is 0 Å². The highest BCUT2D eigenvalue weighted by Gasteiger charge is 2.19. The van der Waals surface area contributed by atoms with Gasteiger partial charge in [0.2, 0.25) is 11.0 Å². The number of amides is 1. The summed E-state index contributed by atoms with van der Waals surface area (Å²) < 4.78 is 14.2. The molecular weight excluding hydrogens is 463 g/mol. The first-order valence-electron chi connectivity index (χ1n) is 9.85. The number of fused-ring (bicyclic) bond motifs is 1. The van der Waals surface area contributed by atoms with Gasteiger partial charge < -0.3 is 0 Å². The number of anilines is 1. The summed E-state index contributed by atoms with van der Waals surface area (Å²) in [6.45, 7) is 0. The molecule has 0 atom stereocenters. The average Bonchev–Trinajstić information content (AvgIpc) is 3.23. The molecule has 0 spiro atoms. The maximum Gasteiger partial charge on any atom is 0.269 e. The molecule has 7 nitrogen and oxygen atoms in total. The van der Waals surface area contributed by atoms with Crippen molar-refractivity contribution >= 4 is 56.3 Å². The van der Waals surface area contributed by atoms with Gasteiger partial charge in [0.05, 0.1) is 21.4 Å². The second-order valence-corrected chi connectivity index (χ2v) is 9.00. The molecule has 10 heteroatoms. The Kier molecular flexibility index (Phi) is 7.06. The van der Waals surface area contributed by atoms with Crippen molar-refractivity contribution in [1.82, 2.24) is 4.98 Å². The smallest absolute Gasteiger partial charge is 0.269 e. The molecule has 1 amide bonds. The van der Waals surface area contributed by atoms with Crippen LogP contribution in [0.3, 0.4) is 0 Å². The predicted octanol–water partition coefficient (Wildman–Crippen LogP) is 5.89. The standard InChI is InChI=1S/C23H17FN4O3S2/c24-17-8-11-20-21(14-17)33-23(26-20)27(22(29)12-13-32-19-4-2-1-3-5-19)25-15-16-6-9-18(10-7-16)28(30)31/h1-11,14-15H,12-13H2/b25-15+. The minimum atomic E-state index is -0.485. The molecule has 4 aromatic rings. The lowest BCUT2D eigenvalue weighted by molar-refractivity contribution is -0.384. The van der Waals surface area contributed by atoms with Crippen LogP contribution in [0.5, 0.6) is 0 Å². The van der Waals surface area contributed by atoms with Crippen LogP contribution in [0.15, 0.2) is 82.8 Å². The molecule has 0 unspecified atom stereocenters. The zero-order valence-electron chi connectivity index (χ0n) is 17.1. The van der Waals surface area contributed by atoms with Crippen molar-refractivity contribution in [3.05, 3.63) is 94.3 Å². The van der Waals surface area contributed by atoms with E-state index >= 15 is 0 Å². The first kappa shape index (κ1) is 22.6. The Bertz CT molecular complexity index is 1310. The number of thioether (sulfide) groups is 1. The van der Waals surface area contributed by atoms with Gasteiger partial charge in [-0.2, -0.15) is 10.1 Å². The minimum Gasteiger partial charge on any atom is -0.272 e. The van der Waals surface area contributed by atoms with Crippen LogP contribution in [0.2, 0.25) is 0 Å². The predicted molar refractivity (Wildman–Crippen MR) is 130 cm³/mol. The molecule has 0 radical (unpaired) electrons. The fourth-order valence-electron chi connectivity index (χ4n) is 2.88. The van der Waals surface area contributed by atoms with E-state index in [9.17, 15) is 19.3 Å². The summed E-state index contributed by atoms with van der Waals surface area (Å²) in [6.07, 6.45) is 1.65. The number of halogens is 1. The molecule has 0 saturated carbocycles. The van der Waals surface area contributed by atoms with E-state index < -0.39 is 4.92 Å². The molecule has 3 aromatic carbocycles. The number of non-ortho nitro benzene ring substituents is 1. The number of nitro groups is 1. The van der Waals surface area contributed by atoms with Crippen molar-refractivity contribution in [3.8, 4) is 0 Å². The zero-order valence-corrected chi connectivity index (χ0v) is 18.8. The number of nitro benzene ring substituents is 1. The lowest BCUT2D eigenvalue weighted by Crippen LogP contribution is -2.25. The van der Waals surface area contributed by atoms with E-state index in [4.69, 9.17) is 0 Å². The number of hydrazone groups is 1. The van der Waals surface area contributed by atoms with Crippen molar-refractivity contribution < 1.29 is 14.1 Å². The Morgan fingerprint density at radius 2 is 1.91 bits per heavy atom. The Balaban J connectivity index is 1.56. The normalized spacial score (nSPS) is 11.2. The fourth-order valence-corrected chi connectivity index (χ4v) is 4.71. The molecule has 0 aliphatic rings. The Morgan fingerprint density at radius 3 is 2.64 bits per heavy atom.